The number of likely N-dealkylation sites (tertiary alicyclic amines) is 1. The van der Waals surface area contributed by atoms with Crippen LogP contribution in [0.3, 0.4) is 0 Å². The molecule has 2 heterocycles. The maximum atomic E-state index is 12.2. The highest BCUT2D eigenvalue weighted by atomic mass is 16.7. The molecular weight excluding hydrogens is 352 g/mol. The fourth-order valence-electron chi connectivity index (χ4n) is 3.10. The van der Waals surface area contributed by atoms with Crippen molar-refractivity contribution in [3.63, 3.8) is 0 Å². The fourth-order valence-corrected chi connectivity index (χ4v) is 3.10. The topological polar surface area (TPSA) is 109 Å². The summed E-state index contributed by atoms with van der Waals surface area (Å²) in [5, 5.41) is 8.15. The first-order chi connectivity index (χ1) is 13.0. The molecule has 1 saturated heterocycles. The van der Waals surface area contributed by atoms with Gasteiger partial charge in [-0.05, 0) is 31.0 Å². The van der Waals surface area contributed by atoms with E-state index < -0.39 is 0 Å². The van der Waals surface area contributed by atoms with Crippen LogP contribution in [0.2, 0.25) is 0 Å². The molecule has 9 heteroatoms. The number of amides is 3. The first-order valence-corrected chi connectivity index (χ1v) is 8.95. The first kappa shape index (κ1) is 19.0. The molecule has 27 heavy (non-hydrogen) atoms. The molecule has 1 aromatic carbocycles. The minimum atomic E-state index is -0.344. The lowest BCUT2D eigenvalue weighted by Crippen LogP contribution is -2.49. The highest BCUT2D eigenvalue weighted by Crippen LogP contribution is 2.32. The summed E-state index contributed by atoms with van der Waals surface area (Å²) in [7, 11) is 1.62. The van der Waals surface area contributed by atoms with Crippen LogP contribution in [-0.2, 0) is 9.59 Å². The zero-order chi connectivity index (χ0) is 19.2. The summed E-state index contributed by atoms with van der Waals surface area (Å²) in [4.78, 5) is 37.7. The van der Waals surface area contributed by atoms with Gasteiger partial charge in [0.15, 0.2) is 11.5 Å². The van der Waals surface area contributed by atoms with Crippen LogP contribution >= 0.6 is 0 Å². The van der Waals surface area contributed by atoms with E-state index in [1.54, 1.807) is 25.2 Å². The number of nitrogens with one attached hydrogen (secondary N) is 3. The Labute approximate surface area is 157 Å². The summed E-state index contributed by atoms with van der Waals surface area (Å²) in [5.41, 5.74) is 0.412. The van der Waals surface area contributed by atoms with Gasteiger partial charge in [-0.2, -0.15) is 0 Å². The molecule has 9 nitrogen and oxygen atoms in total. The summed E-state index contributed by atoms with van der Waals surface area (Å²) in [6.07, 6.45) is 1.55. The van der Waals surface area contributed by atoms with Crippen LogP contribution < -0.4 is 25.4 Å². The number of carbonyl (C=O) groups excluding carboxylic acids is 3. The zero-order valence-corrected chi connectivity index (χ0v) is 15.2. The quantitative estimate of drug-likeness (QED) is 0.616. The maximum absolute atomic E-state index is 12.2. The van der Waals surface area contributed by atoms with Crippen molar-refractivity contribution in [1.29, 1.82) is 0 Å². The molecule has 0 saturated carbocycles. The molecule has 0 spiro atoms. The third-order valence-electron chi connectivity index (χ3n) is 4.64. The van der Waals surface area contributed by atoms with Gasteiger partial charge in [-0.25, -0.2) is 0 Å². The molecule has 0 aliphatic carbocycles. The van der Waals surface area contributed by atoms with Gasteiger partial charge in [0, 0.05) is 31.7 Å². The van der Waals surface area contributed by atoms with Gasteiger partial charge in [0.05, 0.1) is 13.1 Å². The van der Waals surface area contributed by atoms with E-state index in [1.165, 1.54) is 0 Å². The van der Waals surface area contributed by atoms with Gasteiger partial charge in [-0.1, -0.05) is 0 Å². The number of fused-ring (bicyclic) bond motifs is 1. The van der Waals surface area contributed by atoms with Crippen LogP contribution in [0, 0.1) is 0 Å². The predicted octanol–water partition coefficient (Wildman–Crippen LogP) is -0.528. The van der Waals surface area contributed by atoms with Crippen molar-refractivity contribution < 1.29 is 23.9 Å². The van der Waals surface area contributed by atoms with Crippen molar-refractivity contribution in [2.45, 2.75) is 18.9 Å². The second-order valence-electron chi connectivity index (χ2n) is 6.54. The number of piperidine rings is 1. The Kier molecular flexibility index (Phi) is 6.12. The number of rotatable bonds is 6. The van der Waals surface area contributed by atoms with Crippen LogP contribution in [0.1, 0.15) is 23.2 Å². The van der Waals surface area contributed by atoms with E-state index in [2.05, 4.69) is 20.9 Å². The number of benzene rings is 1. The number of hydrogen-bond donors (Lipinski definition) is 3. The lowest BCUT2D eigenvalue weighted by Gasteiger charge is -2.31. The molecule has 3 rings (SSSR count). The Hall–Kier alpha value is -2.81. The molecule has 3 N–H and O–H groups in total. The van der Waals surface area contributed by atoms with E-state index in [0.29, 0.717) is 23.6 Å². The van der Waals surface area contributed by atoms with E-state index >= 15 is 0 Å². The Bertz CT molecular complexity index is 716. The van der Waals surface area contributed by atoms with Crippen molar-refractivity contribution in [3.8, 4) is 11.5 Å². The summed E-state index contributed by atoms with van der Waals surface area (Å²) in [5.74, 6) is 0.545. The molecule has 0 aromatic heterocycles. The average Bonchev–Trinajstić information content (AvgIpc) is 3.15. The highest BCUT2D eigenvalue weighted by Gasteiger charge is 2.22. The highest BCUT2D eigenvalue weighted by molar-refractivity contribution is 5.97. The van der Waals surface area contributed by atoms with Crippen molar-refractivity contribution in [2.75, 3.05) is 40.0 Å². The Balaban J connectivity index is 1.39. The van der Waals surface area contributed by atoms with E-state index in [9.17, 15) is 14.4 Å². The van der Waals surface area contributed by atoms with E-state index in [1.807, 2.05) is 0 Å². The zero-order valence-electron chi connectivity index (χ0n) is 15.2. The minimum absolute atomic E-state index is 0.0104. The normalized spacial score (nSPS) is 16.6. The van der Waals surface area contributed by atoms with Gasteiger partial charge >= 0.3 is 0 Å². The lowest BCUT2D eigenvalue weighted by molar-refractivity contribution is -0.123. The number of nitrogens with zero attached hydrogens (tertiary/aromatic N) is 1. The van der Waals surface area contributed by atoms with Crippen LogP contribution in [0.15, 0.2) is 18.2 Å². The van der Waals surface area contributed by atoms with E-state index in [-0.39, 0.29) is 37.1 Å². The average molecular weight is 376 g/mol. The molecule has 146 valence electrons. The summed E-state index contributed by atoms with van der Waals surface area (Å²) in [6, 6.07) is 4.95. The molecule has 2 aliphatic heterocycles. The summed E-state index contributed by atoms with van der Waals surface area (Å²) < 4.78 is 10.5. The third-order valence-corrected chi connectivity index (χ3v) is 4.64. The van der Waals surface area contributed by atoms with Gasteiger partial charge in [0.1, 0.15) is 0 Å². The first-order valence-electron chi connectivity index (χ1n) is 8.95. The van der Waals surface area contributed by atoms with Crippen molar-refractivity contribution in [3.05, 3.63) is 23.8 Å². The van der Waals surface area contributed by atoms with Gasteiger partial charge in [-0.3, -0.25) is 19.3 Å². The van der Waals surface area contributed by atoms with Crippen LogP contribution in [0.4, 0.5) is 0 Å². The van der Waals surface area contributed by atoms with Crippen molar-refractivity contribution in [2.24, 2.45) is 0 Å². The number of likely N-dealkylation sites (N-methyl/N-ethyl adjacent to an activating group) is 1. The van der Waals surface area contributed by atoms with Gasteiger partial charge < -0.3 is 25.4 Å². The fraction of sp³-hybridized carbons (Fsp3) is 0.500. The molecular formula is C18H24N4O5. The van der Waals surface area contributed by atoms with Gasteiger partial charge in [0.25, 0.3) is 5.91 Å². The van der Waals surface area contributed by atoms with Gasteiger partial charge in [0.2, 0.25) is 18.6 Å². The minimum Gasteiger partial charge on any atom is -0.454 e. The van der Waals surface area contributed by atoms with Crippen LogP contribution in [0.5, 0.6) is 11.5 Å². The Morgan fingerprint density at radius 1 is 1.11 bits per heavy atom. The third kappa shape index (κ3) is 5.10. The molecule has 0 atom stereocenters. The summed E-state index contributed by atoms with van der Waals surface area (Å²) >= 11 is 0. The molecule has 1 fully saturated rings. The smallest absolute Gasteiger partial charge is 0.251 e. The molecule has 0 unspecified atom stereocenters. The second kappa shape index (κ2) is 8.72. The van der Waals surface area contributed by atoms with E-state index in [0.717, 1.165) is 25.9 Å². The van der Waals surface area contributed by atoms with Crippen molar-refractivity contribution in [1.82, 2.24) is 20.9 Å². The number of carbonyl (C=O) groups is 3. The summed E-state index contributed by atoms with van der Waals surface area (Å²) in [6.45, 7) is 1.93. The van der Waals surface area contributed by atoms with E-state index in [4.69, 9.17) is 9.47 Å². The lowest BCUT2D eigenvalue weighted by atomic mass is 10.0. The number of hydrogen-bond acceptors (Lipinski definition) is 6. The Morgan fingerprint density at radius 2 is 1.85 bits per heavy atom. The van der Waals surface area contributed by atoms with Crippen molar-refractivity contribution >= 4 is 17.7 Å². The van der Waals surface area contributed by atoms with Crippen LogP contribution in [-0.4, -0.2) is 68.7 Å². The van der Waals surface area contributed by atoms with Gasteiger partial charge in [-0.15, -0.1) is 0 Å². The molecule has 0 radical (unpaired) electrons. The molecule has 1 aromatic rings. The predicted molar refractivity (Wildman–Crippen MR) is 96.6 cm³/mol. The molecule has 2 aliphatic rings. The van der Waals surface area contributed by atoms with Crippen LogP contribution in [0.25, 0.3) is 0 Å². The monoisotopic (exact) mass is 376 g/mol. The standard InChI is InChI=1S/C18H24N4O5/c1-19-17(24)10-22-6-4-13(5-7-22)21-16(23)9-20-18(25)12-2-3-14-15(8-12)27-11-26-14/h2-3,8,13H,4-7,9-11H2,1H3,(H,19,24)(H,20,25)(H,21,23). The largest absolute Gasteiger partial charge is 0.454 e. The molecule has 3 amide bonds. The molecule has 0 bridgehead atoms. The SMILES string of the molecule is CNC(=O)CN1CCC(NC(=O)CNC(=O)c2ccc3c(c2)OCO3)CC1. The maximum Gasteiger partial charge on any atom is 0.251 e. The Morgan fingerprint density at radius 3 is 2.59 bits per heavy atom. The second-order valence-corrected chi connectivity index (χ2v) is 6.54. The number of ether oxygens (including phenoxy) is 2.